The quantitative estimate of drug-likeness (QED) is 0.880. The van der Waals surface area contributed by atoms with Crippen molar-refractivity contribution in [2.24, 2.45) is 0 Å². The van der Waals surface area contributed by atoms with E-state index >= 15 is 0 Å². The fraction of sp³-hybridized carbons (Fsp3) is 0.533. The van der Waals surface area contributed by atoms with Crippen LogP contribution in [0.5, 0.6) is 0 Å². The molecule has 0 spiro atoms. The molecule has 0 heterocycles. The molecule has 1 aromatic rings. The Hall–Kier alpha value is -1.42. The molecule has 0 unspecified atom stereocenters. The van der Waals surface area contributed by atoms with Crippen LogP contribution in [0.4, 0.5) is 4.39 Å². The second kappa shape index (κ2) is 6.15. The number of hydrogen-bond acceptors (Lipinski definition) is 2. The van der Waals surface area contributed by atoms with Gasteiger partial charge in [0.05, 0.1) is 5.56 Å². The average molecular weight is 264 g/mol. The number of amides is 1. The highest BCUT2D eigenvalue weighted by molar-refractivity contribution is 5.94. The topological polar surface area (TPSA) is 41.1 Å². The normalized spacial score (nSPS) is 23.1. The van der Waals surface area contributed by atoms with Gasteiger partial charge in [-0.25, -0.2) is 4.39 Å². The SMILES string of the molecule is CNC1CCC(NC(=O)c2ccc(C)cc2F)CC1. The summed E-state index contributed by atoms with van der Waals surface area (Å²) in [5.74, 6) is -0.744. The van der Waals surface area contributed by atoms with E-state index in [1.807, 2.05) is 14.0 Å². The fourth-order valence-corrected chi connectivity index (χ4v) is 2.59. The monoisotopic (exact) mass is 264 g/mol. The van der Waals surface area contributed by atoms with E-state index in [2.05, 4.69) is 10.6 Å². The number of hydrogen-bond donors (Lipinski definition) is 2. The number of carbonyl (C=O) groups is 1. The first kappa shape index (κ1) is 14.0. The molecular formula is C15H21FN2O. The van der Waals surface area contributed by atoms with Gasteiger partial charge in [0.1, 0.15) is 5.82 Å². The van der Waals surface area contributed by atoms with E-state index in [4.69, 9.17) is 0 Å². The van der Waals surface area contributed by atoms with Crippen molar-refractivity contribution in [3.63, 3.8) is 0 Å². The molecule has 1 fully saturated rings. The van der Waals surface area contributed by atoms with Gasteiger partial charge in [-0.2, -0.15) is 0 Å². The molecule has 1 aliphatic carbocycles. The number of rotatable bonds is 3. The summed E-state index contributed by atoms with van der Waals surface area (Å²) < 4.78 is 13.7. The number of carbonyl (C=O) groups excluding carboxylic acids is 1. The van der Waals surface area contributed by atoms with Crippen molar-refractivity contribution in [2.75, 3.05) is 7.05 Å². The van der Waals surface area contributed by atoms with E-state index in [1.54, 1.807) is 12.1 Å². The predicted molar refractivity (Wildman–Crippen MR) is 73.7 cm³/mol. The molecule has 1 aliphatic rings. The molecule has 104 valence electrons. The maximum Gasteiger partial charge on any atom is 0.254 e. The van der Waals surface area contributed by atoms with E-state index in [9.17, 15) is 9.18 Å². The zero-order valence-corrected chi connectivity index (χ0v) is 11.5. The zero-order chi connectivity index (χ0) is 13.8. The van der Waals surface area contributed by atoms with Crippen molar-refractivity contribution in [3.8, 4) is 0 Å². The van der Waals surface area contributed by atoms with Crippen molar-refractivity contribution in [1.82, 2.24) is 10.6 Å². The molecule has 19 heavy (non-hydrogen) atoms. The lowest BCUT2D eigenvalue weighted by Crippen LogP contribution is -2.41. The minimum absolute atomic E-state index is 0.140. The summed E-state index contributed by atoms with van der Waals surface area (Å²) in [4.78, 5) is 12.0. The fourth-order valence-electron chi connectivity index (χ4n) is 2.59. The maximum absolute atomic E-state index is 13.7. The van der Waals surface area contributed by atoms with Crippen LogP contribution < -0.4 is 10.6 Å². The van der Waals surface area contributed by atoms with E-state index in [1.165, 1.54) is 6.07 Å². The molecule has 0 saturated heterocycles. The van der Waals surface area contributed by atoms with Crippen LogP contribution in [0.2, 0.25) is 0 Å². The van der Waals surface area contributed by atoms with Gasteiger partial charge in [-0.1, -0.05) is 6.07 Å². The molecule has 2 N–H and O–H groups in total. The lowest BCUT2D eigenvalue weighted by atomic mass is 9.91. The molecule has 0 aliphatic heterocycles. The highest BCUT2D eigenvalue weighted by Gasteiger charge is 2.22. The Morgan fingerprint density at radius 1 is 1.21 bits per heavy atom. The van der Waals surface area contributed by atoms with Crippen molar-refractivity contribution >= 4 is 5.91 Å². The van der Waals surface area contributed by atoms with Gasteiger partial charge in [0, 0.05) is 12.1 Å². The van der Waals surface area contributed by atoms with Gasteiger partial charge in [0.2, 0.25) is 0 Å². The number of aryl methyl sites for hydroxylation is 1. The molecule has 0 radical (unpaired) electrons. The first-order valence-corrected chi connectivity index (χ1v) is 6.84. The van der Waals surface area contributed by atoms with Gasteiger partial charge in [-0.05, 0) is 57.4 Å². The molecule has 2 rings (SSSR count). The maximum atomic E-state index is 13.7. The molecule has 1 amide bonds. The van der Waals surface area contributed by atoms with Gasteiger partial charge in [0.25, 0.3) is 5.91 Å². The van der Waals surface area contributed by atoms with Crippen LogP contribution in [0, 0.1) is 12.7 Å². The van der Waals surface area contributed by atoms with E-state index in [-0.39, 0.29) is 17.5 Å². The second-order valence-electron chi connectivity index (χ2n) is 5.29. The lowest BCUT2D eigenvalue weighted by Gasteiger charge is -2.28. The van der Waals surface area contributed by atoms with Crippen molar-refractivity contribution < 1.29 is 9.18 Å². The molecule has 1 saturated carbocycles. The van der Waals surface area contributed by atoms with Crippen molar-refractivity contribution in [1.29, 1.82) is 0 Å². The first-order valence-electron chi connectivity index (χ1n) is 6.84. The van der Waals surface area contributed by atoms with Gasteiger partial charge in [0.15, 0.2) is 0 Å². The summed E-state index contributed by atoms with van der Waals surface area (Å²) in [5.41, 5.74) is 0.963. The smallest absolute Gasteiger partial charge is 0.254 e. The number of benzene rings is 1. The minimum atomic E-state index is -0.443. The Balaban J connectivity index is 1.94. The summed E-state index contributed by atoms with van der Waals surface area (Å²) >= 11 is 0. The zero-order valence-electron chi connectivity index (χ0n) is 11.5. The van der Waals surface area contributed by atoms with Gasteiger partial charge in [-0.3, -0.25) is 4.79 Å². The molecule has 0 aromatic heterocycles. The third-order valence-electron chi connectivity index (χ3n) is 3.84. The van der Waals surface area contributed by atoms with Crippen LogP contribution >= 0.6 is 0 Å². The molecular weight excluding hydrogens is 243 g/mol. The molecule has 4 heteroatoms. The Kier molecular flexibility index (Phi) is 4.53. The van der Waals surface area contributed by atoms with Crippen molar-refractivity contribution in [2.45, 2.75) is 44.7 Å². The summed E-state index contributed by atoms with van der Waals surface area (Å²) in [6.07, 6.45) is 4.01. The van der Waals surface area contributed by atoms with Gasteiger partial charge in [-0.15, -0.1) is 0 Å². The van der Waals surface area contributed by atoms with Gasteiger partial charge < -0.3 is 10.6 Å². The Labute approximate surface area is 113 Å². The Morgan fingerprint density at radius 3 is 2.42 bits per heavy atom. The summed E-state index contributed by atoms with van der Waals surface area (Å²) in [7, 11) is 1.96. The van der Waals surface area contributed by atoms with Crippen LogP contribution in [-0.2, 0) is 0 Å². The molecule has 0 atom stereocenters. The largest absolute Gasteiger partial charge is 0.349 e. The third kappa shape index (κ3) is 3.53. The van der Waals surface area contributed by atoms with Crippen LogP contribution in [0.1, 0.15) is 41.6 Å². The lowest BCUT2D eigenvalue weighted by molar-refractivity contribution is 0.0920. The predicted octanol–water partition coefficient (Wildman–Crippen LogP) is 2.39. The second-order valence-corrected chi connectivity index (χ2v) is 5.29. The standard InChI is InChI=1S/C15H21FN2O/c1-10-3-8-13(14(16)9-10)15(19)18-12-6-4-11(17-2)5-7-12/h3,8-9,11-12,17H,4-7H2,1-2H3,(H,18,19). The number of halogens is 1. The van der Waals surface area contributed by atoms with Crippen molar-refractivity contribution in [3.05, 3.63) is 35.1 Å². The molecule has 3 nitrogen and oxygen atoms in total. The van der Waals surface area contributed by atoms with Gasteiger partial charge >= 0.3 is 0 Å². The minimum Gasteiger partial charge on any atom is -0.349 e. The van der Waals surface area contributed by atoms with Crippen LogP contribution in [-0.4, -0.2) is 25.0 Å². The highest BCUT2D eigenvalue weighted by Crippen LogP contribution is 2.19. The average Bonchev–Trinajstić information content (AvgIpc) is 2.39. The Bertz CT molecular complexity index is 453. The Morgan fingerprint density at radius 2 is 1.84 bits per heavy atom. The van der Waals surface area contributed by atoms with E-state index < -0.39 is 5.82 Å². The number of nitrogens with one attached hydrogen (secondary N) is 2. The van der Waals surface area contributed by atoms with Crippen LogP contribution in [0.25, 0.3) is 0 Å². The van der Waals surface area contributed by atoms with E-state index in [0.29, 0.717) is 6.04 Å². The van der Waals surface area contributed by atoms with E-state index in [0.717, 1.165) is 31.2 Å². The summed E-state index contributed by atoms with van der Waals surface area (Å²) in [6, 6.07) is 5.42. The first-order chi connectivity index (χ1) is 9.10. The highest BCUT2D eigenvalue weighted by atomic mass is 19.1. The van der Waals surface area contributed by atoms with Crippen LogP contribution in [0.3, 0.4) is 0 Å². The summed E-state index contributed by atoms with van der Waals surface area (Å²) in [5, 5.41) is 6.19. The summed E-state index contributed by atoms with van der Waals surface area (Å²) in [6.45, 7) is 1.81. The third-order valence-corrected chi connectivity index (χ3v) is 3.84. The van der Waals surface area contributed by atoms with Crippen LogP contribution in [0.15, 0.2) is 18.2 Å². The molecule has 0 bridgehead atoms. The molecule has 1 aromatic carbocycles.